The Bertz CT molecular complexity index is 1360. The van der Waals surface area contributed by atoms with Crippen molar-refractivity contribution >= 4 is 11.2 Å². The van der Waals surface area contributed by atoms with Gasteiger partial charge in [-0.05, 0) is 47.2 Å². The lowest BCUT2D eigenvalue weighted by Crippen LogP contribution is -2.40. The van der Waals surface area contributed by atoms with Gasteiger partial charge in [-0.1, -0.05) is 52.0 Å². The maximum absolute atomic E-state index is 13.5. The van der Waals surface area contributed by atoms with Gasteiger partial charge in [0, 0.05) is 6.54 Å². The van der Waals surface area contributed by atoms with Crippen molar-refractivity contribution in [2.45, 2.75) is 46.7 Å². The van der Waals surface area contributed by atoms with Gasteiger partial charge in [0.25, 0.3) is 5.56 Å². The number of rotatable bonds is 6. The van der Waals surface area contributed by atoms with Gasteiger partial charge in [-0.25, -0.2) is 18.7 Å². The van der Waals surface area contributed by atoms with Gasteiger partial charge in [-0.15, -0.1) is 0 Å². The molecule has 0 spiro atoms. The van der Waals surface area contributed by atoms with E-state index >= 15 is 0 Å². The van der Waals surface area contributed by atoms with Crippen molar-refractivity contribution in [3.8, 4) is 5.69 Å². The van der Waals surface area contributed by atoms with Crippen molar-refractivity contribution in [3.63, 3.8) is 0 Å². The number of halogens is 1. The number of nitrogens with zero attached hydrogens (tertiary/aromatic N) is 4. The highest BCUT2D eigenvalue weighted by atomic mass is 19.1. The van der Waals surface area contributed by atoms with E-state index in [1.54, 1.807) is 18.5 Å². The number of benzene rings is 2. The molecule has 0 aliphatic carbocycles. The van der Waals surface area contributed by atoms with Crippen LogP contribution in [0.2, 0.25) is 0 Å². The highest BCUT2D eigenvalue weighted by Crippen LogP contribution is 2.19. The van der Waals surface area contributed by atoms with Crippen molar-refractivity contribution < 1.29 is 4.39 Å². The molecule has 0 fully saturated rings. The van der Waals surface area contributed by atoms with Gasteiger partial charge in [-0.2, -0.15) is 0 Å². The first-order valence-corrected chi connectivity index (χ1v) is 10.8. The lowest BCUT2D eigenvalue weighted by Gasteiger charge is -2.14. The molecule has 2 aromatic carbocycles. The summed E-state index contributed by atoms with van der Waals surface area (Å²) in [7, 11) is 0. The molecule has 0 saturated carbocycles. The molecule has 0 radical (unpaired) electrons. The molecule has 0 N–H and O–H groups in total. The van der Waals surface area contributed by atoms with E-state index < -0.39 is 11.2 Å². The van der Waals surface area contributed by atoms with Gasteiger partial charge in [-0.3, -0.25) is 9.36 Å². The summed E-state index contributed by atoms with van der Waals surface area (Å²) in [5.41, 5.74) is 2.32. The maximum Gasteiger partial charge on any atom is 0.337 e. The molecule has 0 amide bonds. The van der Waals surface area contributed by atoms with Crippen LogP contribution in [0.1, 0.15) is 44.7 Å². The maximum atomic E-state index is 13.5. The van der Waals surface area contributed by atoms with Crippen molar-refractivity contribution in [1.82, 2.24) is 18.7 Å². The number of hydrogen-bond acceptors (Lipinski definition) is 3. The molecule has 166 valence electrons. The number of imidazole rings is 1. The molecular weight excluding hydrogens is 407 g/mol. The van der Waals surface area contributed by atoms with Gasteiger partial charge >= 0.3 is 5.69 Å². The summed E-state index contributed by atoms with van der Waals surface area (Å²) in [6.45, 7) is 8.98. The lowest BCUT2D eigenvalue weighted by atomic mass is 10.0. The third kappa shape index (κ3) is 4.02. The summed E-state index contributed by atoms with van der Waals surface area (Å²) >= 11 is 0. The van der Waals surface area contributed by atoms with Gasteiger partial charge in [0.2, 0.25) is 0 Å². The summed E-state index contributed by atoms with van der Waals surface area (Å²) < 4.78 is 17.8. The Labute approximate surface area is 185 Å². The predicted octanol–water partition coefficient (Wildman–Crippen LogP) is 4.32. The predicted molar refractivity (Wildman–Crippen MR) is 124 cm³/mol. The zero-order chi connectivity index (χ0) is 23.0. The molecule has 7 heteroatoms. The first-order chi connectivity index (χ1) is 15.3. The van der Waals surface area contributed by atoms with Crippen LogP contribution in [-0.2, 0) is 13.1 Å². The molecule has 2 heterocycles. The van der Waals surface area contributed by atoms with E-state index in [1.807, 2.05) is 28.8 Å². The van der Waals surface area contributed by atoms with Crippen molar-refractivity contribution in [2.75, 3.05) is 0 Å². The molecule has 4 rings (SSSR count). The minimum atomic E-state index is -0.473. The van der Waals surface area contributed by atoms with Crippen LogP contribution >= 0.6 is 0 Å². The molecule has 6 nitrogen and oxygen atoms in total. The van der Waals surface area contributed by atoms with Gasteiger partial charge in [0.15, 0.2) is 11.2 Å². The molecular formula is C25H27FN4O2. The van der Waals surface area contributed by atoms with E-state index in [9.17, 15) is 14.0 Å². The molecule has 0 aliphatic heterocycles. The lowest BCUT2D eigenvalue weighted by molar-refractivity contribution is 0.530. The Morgan fingerprint density at radius 3 is 2.19 bits per heavy atom. The monoisotopic (exact) mass is 434 g/mol. The van der Waals surface area contributed by atoms with Crippen LogP contribution in [0.25, 0.3) is 16.9 Å². The topological polar surface area (TPSA) is 61.8 Å². The molecule has 2 aromatic heterocycles. The largest absolute Gasteiger partial charge is 0.337 e. The Morgan fingerprint density at radius 2 is 1.59 bits per heavy atom. The minimum Gasteiger partial charge on any atom is -0.324 e. The molecule has 0 atom stereocenters. The highest BCUT2D eigenvalue weighted by molar-refractivity contribution is 5.72. The average molecular weight is 435 g/mol. The van der Waals surface area contributed by atoms with E-state index in [4.69, 9.17) is 0 Å². The zero-order valence-corrected chi connectivity index (χ0v) is 18.7. The molecule has 4 aromatic rings. The summed E-state index contributed by atoms with van der Waals surface area (Å²) in [6, 6.07) is 13.5. The van der Waals surface area contributed by atoms with Crippen molar-refractivity contribution in [2.24, 2.45) is 5.92 Å². The van der Waals surface area contributed by atoms with Crippen LogP contribution in [0.3, 0.4) is 0 Å². The quantitative estimate of drug-likeness (QED) is 0.454. The van der Waals surface area contributed by atoms with Crippen LogP contribution in [0.15, 0.2) is 64.4 Å². The van der Waals surface area contributed by atoms with Gasteiger partial charge in [0.05, 0.1) is 18.6 Å². The normalized spacial score (nSPS) is 11.7. The van der Waals surface area contributed by atoms with E-state index in [-0.39, 0.29) is 12.4 Å². The van der Waals surface area contributed by atoms with Gasteiger partial charge < -0.3 is 4.57 Å². The third-order valence-corrected chi connectivity index (χ3v) is 5.53. The molecule has 0 bridgehead atoms. The van der Waals surface area contributed by atoms with Crippen molar-refractivity contribution in [3.05, 3.63) is 92.6 Å². The number of hydrogen-bond donors (Lipinski definition) is 0. The van der Waals surface area contributed by atoms with E-state index in [0.717, 1.165) is 5.56 Å². The molecule has 0 aliphatic rings. The Kier molecular flexibility index (Phi) is 5.82. The average Bonchev–Trinajstić information content (AvgIpc) is 3.15. The SMILES string of the molecule is CC(C)Cn1cnc2c1c(=O)n(Cc1ccc(F)cc1)c(=O)n2-c1ccc(C(C)C)cc1. The Balaban J connectivity index is 1.97. The van der Waals surface area contributed by atoms with Crippen LogP contribution in [-0.4, -0.2) is 18.7 Å². The second-order valence-corrected chi connectivity index (χ2v) is 8.84. The second kappa shape index (κ2) is 8.57. The number of fused-ring (bicyclic) bond motifs is 1. The summed E-state index contributed by atoms with van der Waals surface area (Å²) in [5, 5.41) is 0. The van der Waals surface area contributed by atoms with Crippen LogP contribution in [0.5, 0.6) is 0 Å². The van der Waals surface area contributed by atoms with Crippen LogP contribution in [0.4, 0.5) is 4.39 Å². The zero-order valence-electron chi connectivity index (χ0n) is 18.7. The molecule has 0 saturated heterocycles. The van der Waals surface area contributed by atoms with E-state index in [1.165, 1.54) is 21.3 Å². The van der Waals surface area contributed by atoms with Crippen molar-refractivity contribution in [1.29, 1.82) is 0 Å². The summed E-state index contributed by atoms with van der Waals surface area (Å²) in [4.78, 5) is 31.4. The fraction of sp³-hybridized carbons (Fsp3) is 0.320. The van der Waals surface area contributed by atoms with E-state index in [2.05, 4.69) is 32.7 Å². The first-order valence-electron chi connectivity index (χ1n) is 10.8. The standard InChI is InChI=1S/C25H27FN4O2/c1-16(2)13-28-15-27-23-22(28)24(31)29(14-18-5-9-20(26)10-6-18)25(32)30(23)21-11-7-19(8-12-21)17(3)4/h5-12,15-17H,13-14H2,1-4H3. The Hall–Kier alpha value is -3.48. The summed E-state index contributed by atoms with van der Waals surface area (Å²) in [5.74, 6) is 0.288. The van der Waals surface area contributed by atoms with Crippen LogP contribution in [0, 0.1) is 11.7 Å². The smallest absolute Gasteiger partial charge is 0.324 e. The third-order valence-electron chi connectivity index (χ3n) is 5.53. The fourth-order valence-corrected chi connectivity index (χ4v) is 3.86. The highest BCUT2D eigenvalue weighted by Gasteiger charge is 2.20. The fourth-order valence-electron chi connectivity index (χ4n) is 3.86. The van der Waals surface area contributed by atoms with Gasteiger partial charge in [0.1, 0.15) is 5.82 Å². The van der Waals surface area contributed by atoms with Crippen LogP contribution < -0.4 is 11.2 Å². The van der Waals surface area contributed by atoms with E-state index in [0.29, 0.717) is 40.8 Å². The Morgan fingerprint density at radius 1 is 0.938 bits per heavy atom. The molecule has 32 heavy (non-hydrogen) atoms. The second-order valence-electron chi connectivity index (χ2n) is 8.84. The minimum absolute atomic E-state index is 0.0465. The summed E-state index contributed by atoms with van der Waals surface area (Å²) in [6.07, 6.45) is 1.62. The molecule has 0 unspecified atom stereocenters. The first kappa shape index (κ1) is 21.7. The number of aromatic nitrogens is 4.